The molecule has 0 aliphatic rings. The first-order valence-corrected chi connectivity index (χ1v) is 10.5. The van der Waals surface area contributed by atoms with Crippen molar-refractivity contribution in [2.45, 2.75) is 52.6 Å². The molecule has 2 aromatic rings. The summed E-state index contributed by atoms with van der Waals surface area (Å²) in [5.74, 6) is -0.0212. The Hall–Kier alpha value is -1.32. The highest BCUT2D eigenvalue weighted by Crippen LogP contribution is 2.50. The lowest BCUT2D eigenvalue weighted by molar-refractivity contribution is 0.0311. The summed E-state index contributed by atoms with van der Waals surface area (Å²) in [5.41, 5.74) is 6.31. The summed E-state index contributed by atoms with van der Waals surface area (Å²) in [4.78, 5) is 12.0. The van der Waals surface area contributed by atoms with Crippen molar-refractivity contribution in [2.24, 2.45) is 0 Å². The maximum Gasteiger partial charge on any atom is 0.356 e. The molecule has 27 heavy (non-hydrogen) atoms. The molecule has 1 atom stereocenters. The number of halogens is 2. The van der Waals surface area contributed by atoms with Gasteiger partial charge in [0.15, 0.2) is 10.8 Å². The number of anilines is 1. The van der Waals surface area contributed by atoms with Crippen molar-refractivity contribution in [3.63, 3.8) is 0 Å². The highest BCUT2D eigenvalue weighted by molar-refractivity contribution is 7.53. The van der Waals surface area contributed by atoms with E-state index in [4.69, 9.17) is 31.1 Å². The number of fused-ring (bicyclic) bond motifs is 1. The fourth-order valence-corrected chi connectivity index (χ4v) is 4.42. The van der Waals surface area contributed by atoms with Gasteiger partial charge in [0.25, 0.3) is 0 Å². The van der Waals surface area contributed by atoms with Crippen LogP contribution in [-0.2, 0) is 24.9 Å². The lowest BCUT2D eigenvalue weighted by atomic mass is 10.4. The first-order chi connectivity index (χ1) is 12.6. The Kier molecular flexibility index (Phi) is 7.53. The SMILES string of the molecule is CC(C)OP(=O)(CO[C@H](CF)Cn1cnc2c(Cl)nc(N)nc21)OC(C)C. The van der Waals surface area contributed by atoms with E-state index in [0.29, 0.717) is 11.2 Å². The van der Waals surface area contributed by atoms with E-state index in [-0.39, 0.29) is 36.2 Å². The van der Waals surface area contributed by atoms with E-state index in [2.05, 4.69) is 15.0 Å². The van der Waals surface area contributed by atoms with Crippen LogP contribution in [0.2, 0.25) is 5.15 Å². The van der Waals surface area contributed by atoms with Crippen molar-refractivity contribution >= 4 is 36.3 Å². The normalized spacial score (nSPS) is 13.8. The number of nitrogens with zero attached hydrogens (tertiary/aromatic N) is 4. The van der Waals surface area contributed by atoms with E-state index in [0.717, 1.165) is 0 Å². The van der Waals surface area contributed by atoms with Crippen LogP contribution in [0.15, 0.2) is 6.33 Å². The summed E-state index contributed by atoms with van der Waals surface area (Å²) >= 11 is 5.98. The van der Waals surface area contributed by atoms with Gasteiger partial charge < -0.3 is 24.1 Å². The summed E-state index contributed by atoms with van der Waals surface area (Å²) < 4.78 is 44.1. The maximum absolute atomic E-state index is 13.5. The van der Waals surface area contributed by atoms with Crippen LogP contribution in [0.25, 0.3) is 11.2 Å². The van der Waals surface area contributed by atoms with Gasteiger partial charge in [-0.3, -0.25) is 4.57 Å². The number of ether oxygens (including phenoxy) is 1. The Bertz CT molecular complexity index is 805. The standard InChI is InChI=1S/C15H24ClFN5O4P/c1-9(2)25-27(23,26-10(3)4)8-24-11(5-17)6-22-7-19-12-13(16)20-15(18)21-14(12)22/h7,9-11H,5-6,8H2,1-4H3,(H2,18,20,21)/t11-/m1/s1. The summed E-state index contributed by atoms with van der Waals surface area (Å²) in [7, 11) is -3.53. The molecule has 0 radical (unpaired) electrons. The zero-order valence-corrected chi connectivity index (χ0v) is 17.3. The van der Waals surface area contributed by atoms with Crippen LogP contribution >= 0.6 is 19.2 Å². The largest absolute Gasteiger partial charge is 0.368 e. The highest BCUT2D eigenvalue weighted by Gasteiger charge is 2.30. The minimum absolute atomic E-state index is 0.0212. The van der Waals surface area contributed by atoms with E-state index < -0.39 is 20.4 Å². The Morgan fingerprint density at radius 1 is 1.26 bits per heavy atom. The topological polar surface area (TPSA) is 114 Å². The molecule has 9 nitrogen and oxygen atoms in total. The van der Waals surface area contributed by atoms with Crippen LogP contribution < -0.4 is 5.73 Å². The van der Waals surface area contributed by atoms with Crippen LogP contribution in [0, 0.1) is 0 Å². The fraction of sp³-hybridized carbons (Fsp3) is 0.667. The van der Waals surface area contributed by atoms with Crippen molar-refractivity contribution in [1.29, 1.82) is 0 Å². The lowest BCUT2D eigenvalue weighted by Crippen LogP contribution is -2.24. The number of alkyl halides is 1. The average Bonchev–Trinajstić information content (AvgIpc) is 2.92. The smallest absolute Gasteiger partial charge is 0.356 e. The summed E-state index contributed by atoms with van der Waals surface area (Å²) in [6.07, 6.45) is -0.520. The summed E-state index contributed by atoms with van der Waals surface area (Å²) in [6, 6.07) is 0. The Labute approximate surface area is 161 Å². The molecule has 12 heteroatoms. The first kappa shape index (κ1) is 22.0. The van der Waals surface area contributed by atoms with E-state index in [1.807, 2.05) is 0 Å². The third-order valence-electron chi connectivity index (χ3n) is 3.22. The number of hydrogen-bond donors (Lipinski definition) is 1. The van der Waals surface area contributed by atoms with E-state index in [1.54, 1.807) is 32.3 Å². The molecule has 0 aromatic carbocycles. The van der Waals surface area contributed by atoms with E-state index in [9.17, 15) is 8.96 Å². The van der Waals surface area contributed by atoms with Crippen molar-refractivity contribution in [1.82, 2.24) is 19.5 Å². The number of imidazole rings is 1. The highest BCUT2D eigenvalue weighted by atomic mass is 35.5. The predicted molar refractivity (Wildman–Crippen MR) is 101 cm³/mol. The molecule has 0 bridgehead atoms. The lowest BCUT2D eigenvalue weighted by Gasteiger charge is -2.24. The summed E-state index contributed by atoms with van der Waals surface area (Å²) in [6.45, 7) is 6.16. The van der Waals surface area contributed by atoms with Gasteiger partial charge >= 0.3 is 7.60 Å². The molecular formula is C15H24ClFN5O4P. The minimum Gasteiger partial charge on any atom is -0.368 e. The monoisotopic (exact) mass is 423 g/mol. The molecule has 0 saturated heterocycles. The van der Waals surface area contributed by atoms with Gasteiger partial charge in [0, 0.05) is 0 Å². The quantitative estimate of drug-likeness (QED) is 0.456. The van der Waals surface area contributed by atoms with Gasteiger partial charge in [-0.2, -0.15) is 9.97 Å². The minimum atomic E-state index is -3.53. The predicted octanol–water partition coefficient (Wildman–Crippen LogP) is 3.42. The van der Waals surface area contributed by atoms with Crippen LogP contribution in [0.5, 0.6) is 0 Å². The van der Waals surface area contributed by atoms with Crippen LogP contribution in [0.4, 0.5) is 10.3 Å². The van der Waals surface area contributed by atoms with Crippen molar-refractivity contribution in [3.8, 4) is 0 Å². The number of rotatable bonds is 10. The Morgan fingerprint density at radius 2 is 1.89 bits per heavy atom. The number of hydrogen-bond acceptors (Lipinski definition) is 8. The molecule has 2 heterocycles. The van der Waals surface area contributed by atoms with Gasteiger partial charge in [0.05, 0.1) is 25.1 Å². The average molecular weight is 424 g/mol. The molecule has 0 saturated carbocycles. The molecule has 0 aliphatic heterocycles. The second-order valence-corrected chi connectivity index (χ2v) is 8.69. The van der Waals surface area contributed by atoms with Gasteiger partial charge in [-0.05, 0) is 27.7 Å². The van der Waals surface area contributed by atoms with Gasteiger partial charge in [0.2, 0.25) is 5.95 Å². The molecule has 0 unspecified atom stereocenters. The molecule has 0 aliphatic carbocycles. The molecule has 0 spiro atoms. The molecule has 0 amide bonds. The molecule has 0 fully saturated rings. The zero-order valence-electron chi connectivity index (χ0n) is 15.6. The zero-order chi connectivity index (χ0) is 20.2. The van der Waals surface area contributed by atoms with Gasteiger partial charge in [0.1, 0.15) is 24.6 Å². The fourth-order valence-electron chi connectivity index (χ4n) is 2.35. The Balaban J connectivity index is 2.12. The molecule has 2 aromatic heterocycles. The number of aromatic nitrogens is 4. The van der Waals surface area contributed by atoms with E-state index >= 15 is 0 Å². The Morgan fingerprint density at radius 3 is 2.44 bits per heavy atom. The molecule has 2 N–H and O–H groups in total. The maximum atomic E-state index is 13.5. The first-order valence-electron chi connectivity index (χ1n) is 8.40. The van der Waals surface area contributed by atoms with Crippen LogP contribution in [-0.4, -0.2) is 50.9 Å². The summed E-state index contributed by atoms with van der Waals surface area (Å²) in [5, 5.41) is 0.106. The third-order valence-corrected chi connectivity index (χ3v) is 5.44. The van der Waals surface area contributed by atoms with Gasteiger partial charge in [-0.25, -0.2) is 9.37 Å². The van der Waals surface area contributed by atoms with Crippen molar-refractivity contribution < 1.29 is 22.7 Å². The van der Waals surface area contributed by atoms with Crippen LogP contribution in [0.1, 0.15) is 27.7 Å². The number of nitrogens with two attached hydrogens (primary N) is 1. The third kappa shape index (κ3) is 6.08. The van der Waals surface area contributed by atoms with Crippen molar-refractivity contribution in [3.05, 3.63) is 11.5 Å². The van der Waals surface area contributed by atoms with Crippen molar-refractivity contribution in [2.75, 3.05) is 18.8 Å². The second kappa shape index (κ2) is 9.25. The molecular weight excluding hydrogens is 400 g/mol. The number of nitrogen functional groups attached to an aromatic ring is 1. The van der Waals surface area contributed by atoms with Crippen LogP contribution in [0.3, 0.4) is 0 Å². The van der Waals surface area contributed by atoms with Gasteiger partial charge in [-0.15, -0.1) is 0 Å². The second-order valence-electron chi connectivity index (χ2n) is 6.43. The van der Waals surface area contributed by atoms with E-state index in [1.165, 1.54) is 6.33 Å². The molecule has 2 rings (SSSR count). The van der Waals surface area contributed by atoms with Gasteiger partial charge in [-0.1, -0.05) is 11.6 Å². The molecule has 152 valence electrons.